The molecule has 0 bridgehead atoms. The minimum absolute atomic E-state index is 0.231. The topological polar surface area (TPSA) is 81.8 Å². The van der Waals surface area contributed by atoms with Gasteiger partial charge in [0.25, 0.3) is 0 Å². The van der Waals surface area contributed by atoms with Crippen LogP contribution in [0.15, 0.2) is 23.3 Å². The highest BCUT2D eigenvalue weighted by atomic mass is 16.5. The number of rotatable bonds is 2. The molecule has 0 aromatic heterocycles. The lowest BCUT2D eigenvalue weighted by Crippen LogP contribution is -1.85. The van der Waals surface area contributed by atoms with E-state index < -0.39 is 0 Å². The Kier molecular flexibility index (Phi) is 2.74. The zero-order valence-electron chi connectivity index (χ0n) is 6.93. The molecule has 0 aliphatic heterocycles. The number of ether oxygens (including phenoxy) is 1. The van der Waals surface area contributed by atoms with Crippen LogP contribution < -0.4 is 4.74 Å². The van der Waals surface area contributed by atoms with Gasteiger partial charge >= 0.3 is 0 Å². The number of nitriles is 1. The normalized spacial score (nSPS) is 8.31. The summed E-state index contributed by atoms with van der Waals surface area (Å²) in [6.07, 6.45) is 0. The molecular weight excluding hydrogens is 168 g/mol. The number of methoxy groups -OCH3 is 1. The van der Waals surface area contributed by atoms with Crippen molar-refractivity contribution in [1.82, 2.24) is 0 Å². The molecule has 13 heavy (non-hydrogen) atoms. The van der Waals surface area contributed by atoms with Crippen LogP contribution in [0.2, 0.25) is 0 Å². The molecule has 64 valence electrons. The summed E-state index contributed by atoms with van der Waals surface area (Å²) in [5.41, 5.74) is 8.79. The average Bonchev–Trinajstić information content (AvgIpc) is 2.18. The Bertz CT molecular complexity index is 401. The van der Waals surface area contributed by atoms with Crippen LogP contribution >= 0.6 is 0 Å². The van der Waals surface area contributed by atoms with Crippen LogP contribution in [0.5, 0.6) is 5.75 Å². The van der Waals surface area contributed by atoms with Gasteiger partial charge in [-0.15, -0.1) is 0 Å². The monoisotopic (exact) mass is 174 g/mol. The minimum atomic E-state index is 0.231. The summed E-state index contributed by atoms with van der Waals surface area (Å²) in [6.45, 7) is 0. The lowest BCUT2D eigenvalue weighted by Gasteiger charge is -2.03. The summed E-state index contributed by atoms with van der Waals surface area (Å²) in [6, 6.07) is 6.76. The summed E-state index contributed by atoms with van der Waals surface area (Å²) >= 11 is 0. The number of benzene rings is 1. The zero-order chi connectivity index (χ0) is 9.68. The van der Waals surface area contributed by atoms with Crippen LogP contribution in [0, 0.1) is 11.3 Å². The molecule has 1 rings (SSSR count). The first-order valence-corrected chi connectivity index (χ1v) is 3.45. The maximum absolute atomic E-state index is 8.68. The Morgan fingerprint density at radius 3 is 2.92 bits per heavy atom. The van der Waals surface area contributed by atoms with Crippen LogP contribution in [0.4, 0.5) is 5.69 Å². The zero-order valence-corrected chi connectivity index (χ0v) is 6.93. The van der Waals surface area contributed by atoms with Crippen LogP contribution in [0.1, 0.15) is 5.56 Å². The first-order chi connectivity index (χ1) is 6.33. The Balaban J connectivity index is 3.40. The van der Waals surface area contributed by atoms with E-state index in [0.717, 1.165) is 0 Å². The fourth-order valence-electron chi connectivity index (χ4n) is 0.925. The van der Waals surface area contributed by atoms with Crippen LogP contribution in [-0.2, 0) is 0 Å². The van der Waals surface area contributed by atoms with E-state index in [1.807, 2.05) is 6.07 Å². The number of nitrogens with zero attached hydrogens (tertiary/aromatic N) is 4. The molecule has 0 atom stereocenters. The van der Waals surface area contributed by atoms with Gasteiger partial charge in [0.1, 0.15) is 5.75 Å². The van der Waals surface area contributed by atoms with Gasteiger partial charge in [-0.2, -0.15) is 5.26 Å². The van der Waals surface area contributed by atoms with E-state index in [4.69, 9.17) is 15.5 Å². The predicted octanol–water partition coefficient (Wildman–Crippen LogP) is 2.51. The molecule has 0 fully saturated rings. The summed E-state index contributed by atoms with van der Waals surface area (Å²) in [5, 5.41) is 12.1. The van der Waals surface area contributed by atoms with Crippen molar-refractivity contribution in [2.24, 2.45) is 5.11 Å². The quantitative estimate of drug-likeness (QED) is 0.392. The number of azide groups is 1. The van der Waals surface area contributed by atoms with Crippen molar-refractivity contribution >= 4 is 5.69 Å². The fourth-order valence-corrected chi connectivity index (χ4v) is 0.925. The lowest BCUT2D eigenvalue weighted by atomic mass is 10.2. The molecule has 0 saturated carbocycles. The predicted molar refractivity (Wildman–Crippen MR) is 46.5 cm³/mol. The standard InChI is InChI=1S/C8H6N4O/c1-13-7-4-2-3-6(5-9)8(7)11-12-10/h2-4H,1H3. The Hall–Kier alpha value is -2.18. The van der Waals surface area contributed by atoms with Crippen molar-refractivity contribution in [3.8, 4) is 11.8 Å². The maximum Gasteiger partial charge on any atom is 0.129 e. The van der Waals surface area contributed by atoms with Crippen molar-refractivity contribution in [2.75, 3.05) is 7.11 Å². The molecule has 0 spiro atoms. The number of hydrogen-bond acceptors (Lipinski definition) is 3. The molecule has 5 nitrogen and oxygen atoms in total. The molecular formula is C8H6N4O. The van der Waals surface area contributed by atoms with Gasteiger partial charge in [-0.1, -0.05) is 11.2 Å². The molecule has 0 amide bonds. The Morgan fingerprint density at radius 2 is 2.38 bits per heavy atom. The Labute approximate surface area is 74.8 Å². The highest BCUT2D eigenvalue weighted by molar-refractivity contribution is 5.62. The van der Waals surface area contributed by atoms with Crippen molar-refractivity contribution < 1.29 is 4.74 Å². The minimum Gasteiger partial charge on any atom is -0.496 e. The molecule has 0 aliphatic carbocycles. The van der Waals surface area contributed by atoms with Gasteiger partial charge in [0, 0.05) is 4.91 Å². The van der Waals surface area contributed by atoms with E-state index in [2.05, 4.69) is 10.0 Å². The summed E-state index contributed by atoms with van der Waals surface area (Å²) in [5.74, 6) is 0.400. The molecule has 0 heterocycles. The third-order valence-corrected chi connectivity index (χ3v) is 1.48. The molecule has 0 unspecified atom stereocenters. The summed E-state index contributed by atoms with van der Waals surface area (Å²) < 4.78 is 4.92. The van der Waals surface area contributed by atoms with E-state index in [1.165, 1.54) is 7.11 Å². The second-order valence-corrected chi connectivity index (χ2v) is 2.16. The molecule has 0 aliphatic rings. The van der Waals surface area contributed by atoms with Gasteiger partial charge in [-0.25, -0.2) is 0 Å². The largest absolute Gasteiger partial charge is 0.496 e. The van der Waals surface area contributed by atoms with Gasteiger partial charge in [-0.05, 0) is 17.7 Å². The molecule has 0 saturated heterocycles. The van der Waals surface area contributed by atoms with Crippen molar-refractivity contribution in [2.45, 2.75) is 0 Å². The van der Waals surface area contributed by atoms with Crippen molar-refractivity contribution in [3.05, 3.63) is 34.2 Å². The molecule has 0 N–H and O–H groups in total. The average molecular weight is 174 g/mol. The third-order valence-electron chi connectivity index (χ3n) is 1.48. The van der Waals surface area contributed by atoms with Gasteiger partial charge < -0.3 is 4.74 Å². The molecule has 0 radical (unpaired) electrons. The van der Waals surface area contributed by atoms with Gasteiger partial charge in [0.15, 0.2) is 0 Å². The van der Waals surface area contributed by atoms with Crippen molar-refractivity contribution in [1.29, 1.82) is 5.26 Å². The van der Waals surface area contributed by atoms with Gasteiger partial charge in [-0.3, -0.25) is 0 Å². The van der Waals surface area contributed by atoms with E-state index in [9.17, 15) is 0 Å². The second-order valence-electron chi connectivity index (χ2n) is 2.16. The number of hydrogen-bond donors (Lipinski definition) is 0. The fraction of sp³-hybridized carbons (Fsp3) is 0.125. The van der Waals surface area contributed by atoms with E-state index >= 15 is 0 Å². The van der Waals surface area contributed by atoms with E-state index in [-0.39, 0.29) is 5.69 Å². The first kappa shape index (κ1) is 8.91. The summed E-state index contributed by atoms with van der Waals surface area (Å²) in [4.78, 5) is 2.62. The molecule has 1 aromatic rings. The SMILES string of the molecule is COc1cccc(C#N)c1N=[N+]=[N-]. The molecule has 1 aromatic carbocycles. The maximum atomic E-state index is 8.68. The Morgan fingerprint density at radius 1 is 1.62 bits per heavy atom. The van der Waals surface area contributed by atoms with Gasteiger partial charge in [0.05, 0.1) is 24.4 Å². The smallest absolute Gasteiger partial charge is 0.129 e. The van der Waals surface area contributed by atoms with Crippen molar-refractivity contribution in [3.63, 3.8) is 0 Å². The third kappa shape index (κ3) is 1.70. The summed E-state index contributed by atoms with van der Waals surface area (Å²) in [7, 11) is 1.45. The van der Waals surface area contributed by atoms with Crippen LogP contribution in [0.25, 0.3) is 10.4 Å². The highest BCUT2D eigenvalue weighted by Crippen LogP contribution is 2.30. The van der Waals surface area contributed by atoms with E-state index in [1.54, 1.807) is 18.2 Å². The van der Waals surface area contributed by atoms with E-state index in [0.29, 0.717) is 11.3 Å². The highest BCUT2D eigenvalue weighted by Gasteiger charge is 2.05. The van der Waals surface area contributed by atoms with Crippen LogP contribution in [-0.4, -0.2) is 7.11 Å². The first-order valence-electron chi connectivity index (χ1n) is 3.45. The second kappa shape index (κ2) is 4.00. The lowest BCUT2D eigenvalue weighted by molar-refractivity contribution is 0.416. The van der Waals surface area contributed by atoms with Crippen LogP contribution in [0.3, 0.4) is 0 Å². The van der Waals surface area contributed by atoms with Gasteiger partial charge in [0.2, 0.25) is 0 Å². The molecule has 5 heteroatoms.